The smallest absolute Gasteiger partial charge is 0.223 e. The second kappa shape index (κ2) is 6.60. The lowest BCUT2D eigenvalue weighted by atomic mass is 10.0. The molecule has 0 N–H and O–H groups in total. The third kappa shape index (κ3) is 3.66. The van der Waals surface area contributed by atoms with Gasteiger partial charge >= 0.3 is 0 Å². The fourth-order valence-corrected chi connectivity index (χ4v) is 3.16. The van der Waals surface area contributed by atoms with E-state index in [2.05, 4.69) is 0 Å². The summed E-state index contributed by atoms with van der Waals surface area (Å²) in [5.74, 6) is 1.66. The molecule has 0 aromatic heterocycles. The predicted octanol–water partition coefficient (Wildman–Crippen LogP) is 2.23. The van der Waals surface area contributed by atoms with E-state index in [4.69, 9.17) is 4.74 Å². The third-order valence-corrected chi connectivity index (χ3v) is 4.81. The summed E-state index contributed by atoms with van der Waals surface area (Å²) in [6.07, 6.45) is 2.99. The lowest BCUT2D eigenvalue weighted by Crippen LogP contribution is -2.51. The quantitative estimate of drug-likeness (QED) is 0.856. The Morgan fingerprint density at radius 1 is 1.17 bits per heavy atom. The van der Waals surface area contributed by atoms with Crippen molar-refractivity contribution in [3.8, 4) is 5.75 Å². The Hall–Kier alpha value is -2.04. The van der Waals surface area contributed by atoms with E-state index < -0.39 is 0 Å². The summed E-state index contributed by atoms with van der Waals surface area (Å²) in [6, 6.07) is 7.73. The molecule has 1 heterocycles. The van der Waals surface area contributed by atoms with Gasteiger partial charge in [0, 0.05) is 33.0 Å². The minimum absolute atomic E-state index is 0.0650. The van der Waals surface area contributed by atoms with Gasteiger partial charge in [-0.1, -0.05) is 12.1 Å². The zero-order valence-electron chi connectivity index (χ0n) is 13.8. The molecule has 1 aliphatic heterocycles. The summed E-state index contributed by atoms with van der Waals surface area (Å²) in [5, 5.41) is 0. The number of amides is 2. The number of ether oxygens (including phenoxy) is 1. The molecule has 1 aliphatic carbocycles. The number of rotatable bonds is 4. The second-order valence-corrected chi connectivity index (χ2v) is 6.49. The highest BCUT2D eigenvalue weighted by molar-refractivity contribution is 5.78. The van der Waals surface area contributed by atoms with Crippen LogP contribution >= 0.6 is 0 Å². The Morgan fingerprint density at radius 3 is 2.43 bits per heavy atom. The van der Waals surface area contributed by atoms with E-state index in [0.717, 1.165) is 11.3 Å². The summed E-state index contributed by atoms with van der Waals surface area (Å²) in [4.78, 5) is 28.2. The van der Waals surface area contributed by atoms with E-state index in [1.165, 1.54) is 12.8 Å². The van der Waals surface area contributed by atoms with Crippen LogP contribution < -0.4 is 4.74 Å². The zero-order valence-corrected chi connectivity index (χ0v) is 13.8. The van der Waals surface area contributed by atoms with Gasteiger partial charge in [-0.2, -0.15) is 0 Å². The fraction of sp³-hybridized carbons (Fsp3) is 0.556. The van der Waals surface area contributed by atoms with E-state index >= 15 is 0 Å². The molecule has 0 unspecified atom stereocenters. The van der Waals surface area contributed by atoms with Gasteiger partial charge in [0.2, 0.25) is 11.8 Å². The van der Waals surface area contributed by atoms with Crippen LogP contribution in [0.2, 0.25) is 0 Å². The molecule has 1 aromatic rings. The molecule has 3 rings (SSSR count). The van der Waals surface area contributed by atoms with Crippen LogP contribution in [0.5, 0.6) is 5.75 Å². The normalized spacial score (nSPS) is 21.2. The van der Waals surface area contributed by atoms with E-state index in [1.54, 1.807) is 14.0 Å². The van der Waals surface area contributed by atoms with Crippen LogP contribution in [0.15, 0.2) is 24.3 Å². The van der Waals surface area contributed by atoms with Gasteiger partial charge in [-0.3, -0.25) is 9.59 Å². The molecule has 0 spiro atoms. The van der Waals surface area contributed by atoms with E-state index in [9.17, 15) is 9.59 Å². The zero-order chi connectivity index (χ0) is 16.4. The Balaban J connectivity index is 1.80. The van der Waals surface area contributed by atoms with Crippen LogP contribution in [0.4, 0.5) is 0 Å². The van der Waals surface area contributed by atoms with Crippen LogP contribution in [-0.2, 0) is 9.59 Å². The minimum Gasteiger partial charge on any atom is -0.497 e. The summed E-state index contributed by atoms with van der Waals surface area (Å²) in [5.41, 5.74) is 1.06. The van der Waals surface area contributed by atoms with Crippen molar-refractivity contribution >= 4 is 11.8 Å². The lowest BCUT2D eigenvalue weighted by molar-refractivity contribution is -0.142. The molecule has 1 saturated heterocycles. The highest BCUT2D eigenvalue weighted by Crippen LogP contribution is 2.35. The minimum atomic E-state index is -0.0650. The number of hydrogen-bond donors (Lipinski definition) is 0. The van der Waals surface area contributed by atoms with Gasteiger partial charge in [-0.15, -0.1) is 0 Å². The largest absolute Gasteiger partial charge is 0.497 e. The van der Waals surface area contributed by atoms with Crippen molar-refractivity contribution in [1.29, 1.82) is 0 Å². The molecule has 0 radical (unpaired) electrons. The number of carbonyl (C=O) groups excluding carboxylic acids is 2. The van der Waals surface area contributed by atoms with Crippen LogP contribution in [0, 0.1) is 5.92 Å². The molecular formula is C18H24N2O3. The van der Waals surface area contributed by atoms with E-state index in [1.807, 2.05) is 34.1 Å². The van der Waals surface area contributed by atoms with E-state index in [0.29, 0.717) is 32.0 Å². The molecule has 5 heteroatoms. The number of piperazine rings is 1. The van der Waals surface area contributed by atoms with Crippen molar-refractivity contribution in [1.82, 2.24) is 9.80 Å². The van der Waals surface area contributed by atoms with Crippen molar-refractivity contribution in [2.75, 3.05) is 26.7 Å². The molecule has 0 bridgehead atoms. The van der Waals surface area contributed by atoms with Crippen molar-refractivity contribution in [2.45, 2.75) is 32.2 Å². The number of nitrogens with zero attached hydrogens (tertiary/aromatic N) is 2. The first-order chi connectivity index (χ1) is 11.1. The van der Waals surface area contributed by atoms with E-state index in [-0.39, 0.29) is 17.9 Å². The molecule has 2 amide bonds. The van der Waals surface area contributed by atoms with Crippen LogP contribution in [0.3, 0.4) is 0 Å². The standard InChI is InChI=1S/C18H24N2O3/c1-13(21)19-9-10-20(18(22)11-14-3-4-14)17(12-19)15-5-7-16(23-2)8-6-15/h5-8,14,17H,3-4,9-12H2,1-2H3/t17-/m0/s1. The molecule has 2 aliphatic rings. The average molecular weight is 316 g/mol. The maximum atomic E-state index is 12.6. The van der Waals surface area contributed by atoms with Gasteiger partial charge in [0.25, 0.3) is 0 Å². The summed E-state index contributed by atoms with van der Waals surface area (Å²) < 4.78 is 5.21. The SMILES string of the molecule is COc1ccc([C@@H]2CN(C(C)=O)CCN2C(=O)CC2CC2)cc1. The van der Waals surface area contributed by atoms with Crippen LogP contribution in [-0.4, -0.2) is 48.4 Å². The molecular weight excluding hydrogens is 292 g/mol. The summed E-state index contributed by atoms with van der Waals surface area (Å²) >= 11 is 0. The van der Waals surface area contributed by atoms with Crippen molar-refractivity contribution in [3.63, 3.8) is 0 Å². The second-order valence-electron chi connectivity index (χ2n) is 6.49. The molecule has 1 atom stereocenters. The third-order valence-electron chi connectivity index (χ3n) is 4.81. The molecule has 1 aromatic carbocycles. The first-order valence-corrected chi connectivity index (χ1v) is 8.27. The first kappa shape index (κ1) is 15.8. The Morgan fingerprint density at radius 2 is 1.87 bits per heavy atom. The van der Waals surface area contributed by atoms with Crippen molar-refractivity contribution < 1.29 is 14.3 Å². The number of benzene rings is 1. The van der Waals surface area contributed by atoms with Crippen molar-refractivity contribution in [2.24, 2.45) is 5.92 Å². The average Bonchev–Trinajstić information content (AvgIpc) is 3.38. The Kier molecular flexibility index (Phi) is 4.55. The highest BCUT2D eigenvalue weighted by Gasteiger charge is 2.35. The van der Waals surface area contributed by atoms with Crippen molar-refractivity contribution in [3.05, 3.63) is 29.8 Å². The topological polar surface area (TPSA) is 49.9 Å². The molecule has 124 valence electrons. The molecule has 2 fully saturated rings. The lowest BCUT2D eigenvalue weighted by Gasteiger charge is -2.41. The van der Waals surface area contributed by atoms with Gasteiger partial charge in [0.1, 0.15) is 5.75 Å². The first-order valence-electron chi connectivity index (χ1n) is 8.27. The maximum Gasteiger partial charge on any atom is 0.223 e. The number of methoxy groups -OCH3 is 1. The highest BCUT2D eigenvalue weighted by atomic mass is 16.5. The van der Waals surface area contributed by atoms with Crippen LogP contribution in [0.1, 0.15) is 37.8 Å². The molecule has 23 heavy (non-hydrogen) atoms. The fourth-order valence-electron chi connectivity index (χ4n) is 3.16. The predicted molar refractivity (Wildman–Crippen MR) is 87.0 cm³/mol. The number of hydrogen-bond acceptors (Lipinski definition) is 3. The molecule has 5 nitrogen and oxygen atoms in total. The molecule has 1 saturated carbocycles. The van der Waals surface area contributed by atoms with Crippen LogP contribution in [0.25, 0.3) is 0 Å². The monoisotopic (exact) mass is 316 g/mol. The van der Waals surface area contributed by atoms with Gasteiger partial charge in [-0.05, 0) is 36.5 Å². The summed E-state index contributed by atoms with van der Waals surface area (Å²) in [6.45, 7) is 3.39. The van der Waals surface area contributed by atoms with Gasteiger partial charge < -0.3 is 14.5 Å². The van der Waals surface area contributed by atoms with Gasteiger partial charge in [-0.25, -0.2) is 0 Å². The summed E-state index contributed by atoms with van der Waals surface area (Å²) in [7, 11) is 1.64. The number of carbonyl (C=O) groups is 2. The Labute approximate surface area is 137 Å². The maximum absolute atomic E-state index is 12.6. The van der Waals surface area contributed by atoms with Gasteiger partial charge in [0.05, 0.1) is 13.2 Å². The Bertz CT molecular complexity index is 580. The van der Waals surface area contributed by atoms with Gasteiger partial charge in [0.15, 0.2) is 0 Å².